The van der Waals surface area contributed by atoms with Gasteiger partial charge in [-0.2, -0.15) is 5.26 Å². The van der Waals surface area contributed by atoms with Crippen molar-refractivity contribution >= 4 is 27.5 Å². The van der Waals surface area contributed by atoms with Crippen LogP contribution >= 0.6 is 11.6 Å². The molecule has 0 aliphatic carbocycles. The van der Waals surface area contributed by atoms with Gasteiger partial charge in [-0.05, 0) is 42.0 Å². The second-order valence-electron chi connectivity index (χ2n) is 4.49. The first-order valence-electron chi connectivity index (χ1n) is 6.24. The molecule has 0 aliphatic rings. The third-order valence-corrected chi connectivity index (χ3v) is 4.08. The molecule has 0 atom stereocenters. The van der Waals surface area contributed by atoms with Gasteiger partial charge in [0.1, 0.15) is 22.5 Å². The molecule has 22 heavy (non-hydrogen) atoms. The van der Waals surface area contributed by atoms with Gasteiger partial charge in [0, 0.05) is 6.26 Å². The fourth-order valence-electron chi connectivity index (χ4n) is 1.68. The molecule has 112 valence electrons. The summed E-state index contributed by atoms with van der Waals surface area (Å²) < 4.78 is 28.5. The van der Waals surface area contributed by atoms with E-state index in [0.29, 0.717) is 22.1 Å². The molecule has 2 rings (SSSR count). The Balaban J connectivity index is 2.31. The molecule has 0 saturated heterocycles. The quantitative estimate of drug-likeness (QED) is 0.792. The van der Waals surface area contributed by atoms with E-state index in [2.05, 4.69) is 0 Å². The van der Waals surface area contributed by atoms with Crippen molar-refractivity contribution in [2.75, 3.05) is 6.26 Å². The van der Waals surface area contributed by atoms with Crippen LogP contribution in [0.5, 0.6) is 11.5 Å². The minimum Gasteiger partial charge on any atom is -0.457 e. The maximum Gasteiger partial charge on any atom is 0.185 e. The van der Waals surface area contributed by atoms with Crippen LogP contribution in [-0.4, -0.2) is 14.7 Å². The van der Waals surface area contributed by atoms with E-state index in [-0.39, 0.29) is 4.91 Å². The van der Waals surface area contributed by atoms with E-state index in [0.717, 1.165) is 6.26 Å². The van der Waals surface area contributed by atoms with E-state index in [9.17, 15) is 8.42 Å². The molecule has 0 aromatic heterocycles. The molecule has 0 amide bonds. The molecule has 6 heteroatoms. The summed E-state index contributed by atoms with van der Waals surface area (Å²) in [6.45, 7) is 0. The lowest BCUT2D eigenvalue weighted by molar-refractivity contribution is 0.482. The Kier molecular flexibility index (Phi) is 4.86. The number of nitrogens with zero attached hydrogens (tertiary/aromatic N) is 1. The highest BCUT2D eigenvalue weighted by Gasteiger charge is 2.12. The Morgan fingerprint density at radius 2 is 1.86 bits per heavy atom. The monoisotopic (exact) mass is 333 g/mol. The van der Waals surface area contributed by atoms with Crippen LogP contribution in [0.4, 0.5) is 0 Å². The summed E-state index contributed by atoms with van der Waals surface area (Å²) >= 11 is 6.12. The highest BCUT2D eigenvalue weighted by molar-refractivity contribution is 7.95. The zero-order valence-electron chi connectivity index (χ0n) is 11.7. The van der Waals surface area contributed by atoms with Gasteiger partial charge >= 0.3 is 0 Å². The second-order valence-corrected chi connectivity index (χ2v) is 6.88. The number of hydrogen-bond donors (Lipinski definition) is 0. The summed E-state index contributed by atoms with van der Waals surface area (Å²) in [5.41, 5.74) is 0.434. The third-order valence-electron chi connectivity index (χ3n) is 2.75. The summed E-state index contributed by atoms with van der Waals surface area (Å²) in [5, 5.41) is 9.19. The number of halogens is 1. The summed E-state index contributed by atoms with van der Waals surface area (Å²) in [6.07, 6.45) is 2.22. The molecule has 0 spiro atoms. The van der Waals surface area contributed by atoms with Crippen LogP contribution in [0.2, 0.25) is 5.02 Å². The topological polar surface area (TPSA) is 67.2 Å². The zero-order valence-corrected chi connectivity index (χ0v) is 13.2. The van der Waals surface area contributed by atoms with Crippen molar-refractivity contribution in [2.45, 2.75) is 0 Å². The first kappa shape index (κ1) is 16.1. The number of para-hydroxylation sites is 1. The first-order chi connectivity index (χ1) is 10.4. The average Bonchev–Trinajstić information content (AvgIpc) is 2.46. The average molecular weight is 334 g/mol. The van der Waals surface area contributed by atoms with Crippen LogP contribution in [0.15, 0.2) is 53.4 Å². The molecule has 0 N–H and O–H groups in total. The highest BCUT2D eigenvalue weighted by Crippen LogP contribution is 2.28. The Labute approximate surface area is 134 Å². The van der Waals surface area contributed by atoms with Crippen LogP contribution in [0.1, 0.15) is 5.56 Å². The van der Waals surface area contributed by atoms with Gasteiger partial charge in [-0.25, -0.2) is 8.42 Å². The van der Waals surface area contributed by atoms with Crippen molar-refractivity contribution in [1.29, 1.82) is 5.26 Å². The van der Waals surface area contributed by atoms with Crippen molar-refractivity contribution in [3.63, 3.8) is 0 Å². The fourth-order valence-corrected chi connectivity index (χ4v) is 2.41. The molecule has 0 aliphatic heterocycles. The van der Waals surface area contributed by atoms with Gasteiger partial charge in [-0.15, -0.1) is 0 Å². The minimum absolute atomic E-state index is 0.296. The maximum atomic E-state index is 11.4. The van der Waals surface area contributed by atoms with Crippen LogP contribution in [-0.2, 0) is 9.84 Å². The highest BCUT2D eigenvalue weighted by atomic mass is 35.5. The lowest BCUT2D eigenvalue weighted by Crippen LogP contribution is -1.98. The number of ether oxygens (including phenoxy) is 1. The number of allylic oxidation sites excluding steroid dienone is 1. The van der Waals surface area contributed by atoms with Crippen molar-refractivity contribution in [2.24, 2.45) is 0 Å². The van der Waals surface area contributed by atoms with Gasteiger partial charge in [0.25, 0.3) is 0 Å². The number of hydrogen-bond acceptors (Lipinski definition) is 4. The number of nitriles is 1. The van der Waals surface area contributed by atoms with Gasteiger partial charge in [0.2, 0.25) is 0 Å². The van der Waals surface area contributed by atoms with Gasteiger partial charge in [-0.1, -0.05) is 29.8 Å². The molecular formula is C16H12ClNO3S. The minimum atomic E-state index is -3.58. The standard InChI is InChI=1S/C16H12ClNO3S/c1-22(19,20)15(11-18)9-12-7-8-14(10-16(12)17)21-13-5-3-2-4-6-13/h2-10H,1H3/b15-9+. The Morgan fingerprint density at radius 3 is 2.41 bits per heavy atom. The molecule has 0 bridgehead atoms. The normalized spacial score (nSPS) is 11.8. The lowest BCUT2D eigenvalue weighted by Gasteiger charge is -2.07. The SMILES string of the molecule is CS(=O)(=O)/C(C#N)=C/c1ccc(Oc2ccccc2)cc1Cl. The first-order valence-corrected chi connectivity index (χ1v) is 8.51. The zero-order chi connectivity index (χ0) is 16.2. The van der Waals surface area contributed by atoms with Gasteiger partial charge in [0.15, 0.2) is 9.84 Å². The largest absolute Gasteiger partial charge is 0.457 e. The second kappa shape index (κ2) is 6.65. The van der Waals surface area contributed by atoms with Crippen molar-refractivity contribution in [3.8, 4) is 17.6 Å². The van der Waals surface area contributed by atoms with Crippen molar-refractivity contribution in [3.05, 3.63) is 64.0 Å². The van der Waals surface area contributed by atoms with E-state index < -0.39 is 9.84 Å². The molecule has 2 aromatic carbocycles. The molecule has 0 fully saturated rings. The lowest BCUT2D eigenvalue weighted by atomic mass is 10.2. The predicted molar refractivity (Wildman–Crippen MR) is 86.4 cm³/mol. The Bertz CT molecular complexity index is 853. The smallest absolute Gasteiger partial charge is 0.185 e. The summed E-state index contributed by atoms with van der Waals surface area (Å²) in [6, 6.07) is 15.7. The van der Waals surface area contributed by atoms with Crippen molar-refractivity contribution < 1.29 is 13.2 Å². The number of benzene rings is 2. The van der Waals surface area contributed by atoms with Crippen LogP contribution in [0.25, 0.3) is 6.08 Å². The van der Waals surface area contributed by atoms with E-state index in [1.807, 2.05) is 18.2 Å². The summed E-state index contributed by atoms with van der Waals surface area (Å²) in [4.78, 5) is -0.342. The number of rotatable bonds is 4. The fraction of sp³-hybridized carbons (Fsp3) is 0.0625. The Morgan fingerprint density at radius 1 is 1.18 bits per heavy atom. The van der Waals surface area contributed by atoms with Gasteiger partial charge in [0.05, 0.1) is 5.02 Å². The van der Waals surface area contributed by atoms with Crippen molar-refractivity contribution in [1.82, 2.24) is 0 Å². The van der Waals surface area contributed by atoms with Crippen LogP contribution < -0.4 is 4.74 Å². The number of sulfone groups is 1. The maximum absolute atomic E-state index is 11.4. The van der Waals surface area contributed by atoms with Gasteiger partial charge < -0.3 is 4.74 Å². The third kappa shape index (κ3) is 4.10. The molecule has 0 heterocycles. The summed E-state index contributed by atoms with van der Waals surface area (Å²) in [7, 11) is -3.58. The van der Waals surface area contributed by atoms with E-state index in [1.54, 1.807) is 36.4 Å². The molecular weight excluding hydrogens is 322 g/mol. The molecule has 0 radical (unpaired) electrons. The summed E-state index contributed by atoms with van der Waals surface area (Å²) in [5.74, 6) is 1.18. The van der Waals surface area contributed by atoms with Gasteiger partial charge in [-0.3, -0.25) is 0 Å². The molecule has 0 saturated carbocycles. The van der Waals surface area contributed by atoms with E-state index >= 15 is 0 Å². The predicted octanol–water partition coefficient (Wildman–Crippen LogP) is 4.04. The van der Waals surface area contributed by atoms with Crippen LogP contribution in [0.3, 0.4) is 0 Å². The molecule has 4 nitrogen and oxygen atoms in total. The Hall–Kier alpha value is -2.29. The van der Waals surface area contributed by atoms with Crippen LogP contribution in [0, 0.1) is 11.3 Å². The molecule has 2 aromatic rings. The molecule has 0 unspecified atom stereocenters. The van der Waals surface area contributed by atoms with E-state index in [4.69, 9.17) is 21.6 Å². The van der Waals surface area contributed by atoms with E-state index in [1.165, 1.54) is 6.08 Å².